The molecule has 1 heterocycles. The Bertz CT molecular complexity index is 632. The number of nitrogens with zero attached hydrogens (tertiary/aromatic N) is 1. The third-order valence-electron chi connectivity index (χ3n) is 2.64. The first-order valence-corrected chi connectivity index (χ1v) is 6.59. The number of ether oxygens (including phenoxy) is 2. The molecule has 20 heavy (non-hydrogen) atoms. The number of amides is 1. The normalized spacial score (nSPS) is 9.95. The second-order valence-electron chi connectivity index (χ2n) is 3.86. The van der Waals surface area contributed by atoms with Crippen LogP contribution in [0.3, 0.4) is 0 Å². The van der Waals surface area contributed by atoms with Gasteiger partial charge in [0.25, 0.3) is 5.91 Å². The monoisotopic (exact) mass is 336 g/mol. The first-order valence-electron chi connectivity index (χ1n) is 5.79. The number of carbonyl (C=O) groups excluding carboxylic acids is 1. The molecule has 5 nitrogen and oxygen atoms in total. The van der Waals surface area contributed by atoms with Crippen molar-refractivity contribution in [2.75, 3.05) is 19.5 Å². The summed E-state index contributed by atoms with van der Waals surface area (Å²) in [4.78, 5) is 16.3. The fourth-order valence-corrected chi connectivity index (χ4v) is 1.99. The fraction of sp³-hybridized carbons (Fsp3) is 0.143. The lowest BCUT2D eigenvalue weighted by Crippen LogP contribution is -2.13. The second kappa shape index (κ2) is 6.38. The highest BCUT2D eigenvalue weighted by atomic mass is 79.9. The van der Waals surface area contributed by atoms with Crippen molar-refractivity contribution in [1.82, 2.24) is 4.98 Å². The summed E-state index contributed by atoms with van der Waals surface area (Å²) in [6.45, 7) is 0. The average Bonchev–Trinajstić information content (AvgIpc) is 2.48. The molecule has 0 spiro atoms. The number of nitrogens with one attached hydrogen (secondary N) is 1. The number of benzene rings is 1. The van der Waals surface area contributed by atoms with E-state index in [4.69, 9.17) is 9.47 Å². The van der Waals surface area contributed by atoms with Gasteiger partial charge in [0.15, 0.2) is 11.5 Å². The third-order valence-corrected chi connectivity index (χ3v) is 3.28. The van der Waals surface area contributed by atoms with E-state index in [2.05, 4.69) is 26.2 Å². The van der Waals surface area contributed by atoms with Crippen molar-refractivity contribution in [3.63, 3.8) is 0 Å². The molecule has 0 fully saturated rings. The van der Waals surface area contributed by atoms with Crippen molar-refractivity contribution in [3.8, 4) is 11.5 Å². The predicted octanol–water partition coefficient (Wildman–Crippen LogP) is 3.11. The zero-order chi connectivity index (χ0) is 14.5. The smallest absolute Gasteiger partial charge is 0.256 e. The summed E-state index contributed by atoms with van der Waals surface area (Å²) in [5, 5.41) is 2.72. The molecule has 2 aromatic rings. The van der Waals surface area contributed by atoms with Crippen LogP contribution in [0.4, 0.5) is 5.82 Å². The van der Waals surface area contributed by atoms with Gasteiger partial charge in [-0.15, -0.1) is 0 Å². The van der Waals surface area contributed by atoms with Crippen LogP contribution in [-0.2, 0) is 0 Å². The van der Waals surface area contributed by atoms with E-state index in [1.54, 1.807) is 43.6 Å². The zero-order valence-electron chi connectivity index (χ0n) is 11.0. The van der Waals surface area contributed by atoms with Gasteiger partial charge in [0.1, 0.15) is 5.82 Å². The van der Waals surface area contributed by atoms with E-state index in [1.807, 2.05) is 0 Å². The van der Waals surface area contributed by atoms with Crippen molar-refractivity contribution >= 4 is 27.7 Å². The fourth-order valence-electron chi connectivity index (χ4n) is 1.63. The van der Waals surface area contributed by atoms with Crippen LogP contribution in [0.1, 0.15) is 10.4 Å². The molecule has 0 aliphatic heterocycles. The quantitative estimate of drug-likeness (QED) is 0.931. The summed E-state index contributed by atoms with van der Waals surface area (Å²) in [5.41, 5.74) is 0.459. The Morgan fingerprint density at radius 1 is 1.20 bits per heavy atom. The topological polar surface area (TPSA) is 60.5 Å². The van der Waals surface area contributed by atoms with E-state index in [9.17, 15) is 4.79 Å². The summed E-state index contributed by atoms with van der Waals surface area (Å²) < 4.78 is 11.0. The number of hydrogen-bond acceptors (Lipinski definition) is 4. The number of anilines is 1. The number of aromatic nitrogens is 1. The lowest BCUT2D eigenvalue weighted by molar-refractivity contribution is 0.102. The van der Waals surface area contributed by atoms with Gasteiger partial charge in [-0.2, -0.15) is 0 Å². The van der Waals surface area contributed by atoms with Crippen LogP contribution in [0, 0.1) is 0 Å². The van der Waals surface area contributed by atoms with Gasteiger partial charge in [-0.05, 0) is 46.3 Å². The lowest BCUT2D eigenvalue weighted by atomic mass is 10.2. The van der Waals surface area contributed by atoms with Crippen molar-refractivity contribution in [1.29, 1.82) is 0 Å². The second-order valence-corrected chi connectivity index (χ2v) is 4.71. The molecule has 1 aromatic carbocycles. The number of halogens is 1. The van der Waals surface area contributed by atoms with Crippen molar-refractivity contribution in [2.24, 2.45) is 0 Å². The minimum atomic E-state index is -0.273. The van der Waals surface area contributed by atoms with Gasteiger partial charge in [-0.1, -0.05) is 0 Å². The van der Waals surface area contributed by atoms with Crippen LogP contribution in [0.25, 0.3) is 0 Å². The third kappa shape index (κ3) is 3.08. The molecule has 0 bridgehead atoms. The molecule has 1 amide bonds. The van der Waals surface area contributed by atoms with Crippen LogP contribution in [0.2, 0.25) is 0 Å². The molecule has 0 unspecified atom stereocenters. The Morgan fingerprint density at radius 2 is 1.95 bits per heavy atom. The minimum absolute atomic E-state index is 0.273. The Hall–Kier alpha value is -2.08. The van der Waals surface area contributed by atoms with Crippen LogP contribution >= 0.6 is 15.9 Å². The SMILES string of the molecule is COc1ccc(C(=O)Nc2ncccc2Br)cc1OC. The largest absolute Gasteiger partial charge is 0.493 e. The lowest BCUT2D eigenvalue weighted by Gasteiger charge is -2.10. The van der Waals surface area contributed by atoms with Gasteiger partial charge in [0, 0.05) is 11.8 Å². The minimum Gasteiger partial charge on any atom is -0.493 e. The Balaban J connectivity index is 2.24. The summed E-state index contributed by atoms with van der Waals surface area (Å²) in [6, 6.07) is 8.53. The van der Waals surface area contributed by atoms with Crippen LogP contribution in [0.15, 0.2) is 41.0 Å². The molecule has 1 aromatic heterocycles. The van der Waals surface area contributed by atoms with Crippen molar-refractivity contribution < 1.29 is 14.3 Å². The highest BCUT2D eigenvalue weighted by molar-refractivity contribution is 9.10. The number of rotatable bonds is 4. The molecule has 104 valence electrons. The van der Waals surface area contributed by atoms with Gasteiger partial charge in [0.05, 0.1) is 18.7 Å². The molecular weight excluding hydrogens is 324 g/mol. The van der Waals surface area contributed by atoms with E-state index < -0.39 is 0 Å². The van der Waals surface area contributed by atoms with E-state index >= 15 is 0 Å². The van der Waals surface area contributed by atoms with E-state index in [1.165, 1.54) is 7.11 Å². The molecule has 0 radical (unpaired) electrons. The standard InChI is InChI=1S/C14H13BrN2O3/c1-19-11-6-5-9(8-12(11)20-2)14(18)17-13-10(15)4-3-7-16-13/h3-8H,1-2H3,(H,16,17,18). The molecular formula is C14H13BrN2O3. The molecule has 1 N–H and O–H groups in total. The van der Waals surface area contributed by atoms with Gasteiger partial charge in [-0.25, -0.2) is 4.98 Å². The highest BCUT2D eigenvalue weighted by Crippen LogP contribution is 2.28. The summed E-state index contributed by atoms with van der Waals surface area (Å²) >= 11 is 3.33. The Morgan fingerprint density at radius 3 is 2.60 bits per heavy atom. The van der Waals surface area contributed by atoms with Crippen molar-refractivity contribution in [2.45, 2.75) is 0 Å². The van der Waals surface area contributed by atoms with Crippen molar-refractivity contribution in [3.05, 3.63) is 46.6 Å². The molecule has 6 heteroatoms. The van der Waals surface area contributed by atoms with Gasteiger partial charge in [0.2, 0.25) is 0 Å². The summed E-state index contributed by atoms with van der Waals surface area (Å²) in [5.74, 6) is 1.26. The summed E-state index contributed by atoms with van der Waals surface area (Å²) in [7, 11) is 3.07. The van der Waals surface area contributed by atoms with Gasteiger partial charge in [-0.3, -0.25) is 4.79 Å². The predicted molar refractivity (Wildman–Crippen MR) is 79.4 cm³/mol. The highest BCUT2D eigenvalue weighted by Gasteiger charge is 2.12. The zero-order valence-corrected chi connectivity index (χ0v) is 12.6. The van der Waals surface area contributed by atoms with Gasteiger partial charge >= 0.3 is 0 Å². The van der Waals surface area contributed by atoms with Gasteiger partial charge < -0.3 is 14.8 Å². The molecule has 0 aliphatic carbocycles. The summed E-state index contributed by atoms with van der Waals surface area (Å²) in [6.07, 6.45) is 1.61. The number of pyridine rings is 1. The van der Waals surface area contributed by atoms with Crippen LogP contribution in [-0.4, -0.2) is 25.1 Å². The molecule has 0 atom stereocenters. The molecule has 0 saturated carbocycles. The maximum Gasteiger partial charge on any atom is 0.256 e. The maximum atomic E-state index is 12.2. The van der Waals surface area contributed by atoms with E-state index in [0.29, 0.717) is 27.4 Å². The van der Waals surface area contributed by atoms with Crippen LogP contribution < -0.4 is 14.8 Å². The number of hydrogen-bond donors (Lipinski definition) is 1. The van der Waals surface area contributed by atoms with Crippen LogP contribution in [0.5, 0.6) is 11.5 Å². The Kier molecular flexibility index (Phi) is 4.57. The first kappa shape index (κ1) is 14.3. The van der Waals surface area contributed by atoms with E-state index in [0.717, 1.165) is 0 Å². The first-order chi connectivity index (χ1) is 9.65. The molecule has 0 saturated heterocycles. The maximum absolute atomic E-state index is 12.2. The molecule has 2 rings (SSSR count). The average molecular weight is 337 g/mol. The Labute approximate surface area is 125 Å². The number of carbonyl (C=O) groups is 1. The number of methoxy groups -OCH3 is 2. The van der Waals surface area contributed by atoms with E-state index in [-0.39, 0.29) is 5.91 Å². The molecule has 0 aliphatic rings.